The van der Waals surface area contributed by atoms with Gasteiger partial charge < -0.3 is 14.9 Å². The van der Waals surface area contributed by atoms with Crippen LogP contribution in [0.5, 0.6) is 0 Å². The molecule has 12 heavy (non-hydrogen) atoms. The molecule has 0 bridgehead atoms. The summed E-state index contributed by atoms with van der Waals surface area (Å²) in [5.41, 5.74) is 0. The van der Waals surface area contributed by atoms with Crippen molar-refractivity contribution in [3.63, 3.8) is 0 Å². The van der Waals surface area contributed by atoms with Crippen molar-refractivity contribution in [1.29, 1.82) is 0 Å². The Labute approximate surface area is 102 Å². The Morgan fingerprint density at radius 3 is 1.67 bits per heavy atom. The van der Waals surface area contributed by atoms with Gasteiger partial charge in [-0.3, -0.25) is 6.08 Å². The van der Waals surface area contributed by atoms with E-state index in [9.17, 15) is 0 Å². The molecular weight excluding hydrogens is 259 g/mol. The van der Waals surface area contributed by atoms with Gasteiger partial charge in [0.15, 0.2) is 0 Å². The predicted molar refractivity (Wildman–Crippen MR) is 66.0 cm³/mol. The average Bonchev–Trinajstić information content (AvgIpc) is 2.17. The van der Waals surface area contributed by atoms with Crippen molar-refractivity contribution in [3.8, 4) is 0 Å². The molecule has 0 N–H and O–H groups in total. The standard InChI is InChI=1S/C5H5.2CH3.2ClH.2H2Si.Ti/c1-2-4-5-3-1;;;;;;;/h1-3H,4H2;2*1H3;2*1H;2*1H2;/q3*-1;;;;;. The third-order valence-electron chi connectivity index (χ3n) is 0.586. The molecule has 0 heterocycles. The fourth-order valence-electron chi connectivity index (χ4n) is 0.340. The molecule has 0 aliphatic heterocycles. The van der Waals surface area contributed by atoms with Crippen LogP contribution in [0.1, 0.15) is 6.42 Å². The molecule has 5 heteroatoms. The van der Waals surface area contributed by atoms with E-state index in [-0.39, 0.29) is 39.7 Å². The van der Waals surface area contributed by atoms with Gasteiger partial charge in [0, 0.05) is 0 Å². The third kappa shape index (κ3) is 30.3. The van der Waals surface area contributed by atoms with Gasteiger partial charge in [-0.15, -0.1) is 31.2 Å². The number of hydrogen-bond donors (Lipinski definition) is 0. The first-order chi connectivity index (χ1) is 3.91. The maximum atomic E-state index is 2.99. The van der Waals surface area contributed by atoms with E-state index >= 15 is 0 Å². The van der Waals surface area contributed by atoms with Gasteiger partial charge in [-0.05, 0) is 0 Å². The summed E-state index contributed by atoms with van der Waals surface area (Å²) in [6.45, 7) is 0. The minimum absolute atomic E-state index is 0. The van der Waals surface area contributed by atoms with Crippen molar-refractivity contribution in [3.05, 3.63) is 39.2 Å². The van der Waals surface area contributed by atoms with Crippen LogP contribution in [0.25, 0.3) is 0 Å². The molecule has 0 saturated carbocycles. The molecule has 0 saturated heterocycles. The Balaban J connectivity index is -0.0000000219. The van der Waals surface area contributed by atoms with Gasteiger partial charge in [-0.2, -0.15) is 6.08 Å². The molecular formula is C7H17Cl2Si2Ti-3. The van der Waals surface area contributed by atoms with Crippen LogP contribution in [0.2, 0.25) is 0 Å². The van der Waals surface area contributed by atoms with Crippen LogP contribution in [-0.4, -0.2) is 15.3 Å². The van der Waals surface area contributed by atoms with Gasteiger partial charge in [0.05, 0.1) is 0 Å². The zero-order valence-electron chi connectivity index (χ0n) is 7.67. The van der Waals surface area contributed by atoms with Crippen LogP contribution in [-0.2, 0) is 16.6 Å². The molecule has 0 atom stereocenters. The SMILES string of the molecule is Cl.Cl.[C-]1=CC=CC1.[CH3-].[CH3-].[SiH2]=[Ti]=[SiH2]. The van der Waals surface area contributed by atoms with Gasteiger partial charge in [0.1, 0.15) is 0 Å². The van der Waals surface area contributed by atoms with Gasteiger partial charge >= 0.3 is 31.9 Å². The Hall–Kier alpha value is 1.21. The van der Waals surface area contributed by atoms with Crippen molar-refractivity contribution < 1.29 is 16.6 Å². The molecule has 0 fully saturated rings. The monoisotopic (exact) mass is 275 g/mol. The Bertz CT molecular complexity index is 130. The molecule has 1 rings (SSSR count). The van der Waals surface area contributed by atoms with Crippen molar-refractivity contribution in [2.24, 2.45) is 0 Å². The topological polar surface area (TPSA) is 0 Å². The summed E-state index contributed by atoms with van der Waals surface area (Å²) >= 11 is 0.556. The summed E-state index contributed by atoms with van der Waals surface area (Å²) in [6.07, 6.45) is 10.0. The first-order valence-corrected chi connectivity index (χ1v) is 10.5. The van der Waals surface area contributed by atoms with Crippen molar-refractivity contribution >= 4 is 40.1 Å². The van der Waals surface area contributed by atoms with E-state index in [1.54, 1.807) is 0 Å². The van der Waals surface area contributed by atoms with Crippen LogP contribution in [0.15, 0.2) is 18.2 Å². The fourth-order valence-corrected chi connectivity index (χ4v) is 0.340. The van der Waals surface area contributed by atoms with E-state index in [1.165, 1.54) is 0 Å². The fraction of sp³-hybridized carbons (Fsp3) is 0.143. The molecule has 0 spiro atoms. The average molecular weight is 276 g/mol. The summed E-state index contributed by atoms with van der Waals surface area (Å²) in [5, 5.41) is 0. The maximum absolute atomic E-state index is 2.99. The van der Waals surface area contributed by atoms with E-state index in [2.05, 4.69) is 27.4 Å². The van der Waals surface area contributed by atoms with E-state index in [0.29, 0.717) is 16.6 Å². The molecule has 1 aliphatic carbocycles. The van der Waals surface area contributed by atoms with E-state index in [4.69, 9.17) is 0 Å². The van der Waals surface area contributed by atoms with Gasteiger partial charge in [0.2, 0.25) is 0 Å². The zero-order chi connectivity index (χ0) is 6.24. The van der Waals surface area contributed by atoms with Crippen LogP contribution >= 0.6 is 24.8 Å². The normalized spacial score (nSPS) is 8.00. The van der Waals surface area contributed by atoms with Crippen molar-refractivity contribution in [1.82, 2.24) is 0 Å². The Kier molecular flexibility index (Phi) is 71.9. The molecule has 0 aromatic heterocycles. The molecule has 0 unspecified atom stereocenters. The molecule has 0 radical (unpaired) electrons. The molecule has 1 aliphatic rings. The van der Waals surface area contributed by atoms with Crippen LogP contribution in [0.4, 0.5) is 0 Å². The van der Waals surface area contributed by atoms with Crippen molar-refractivity contribution in [2.75, 3.05) is 0 Å². The Morgan fingerprint density at radius 1 is 1.17 bits per heavy atom. The third-order valence-corrected chi connectivity index (χ3v) is 0.586. The van der Waals surface area contributed by atoms with Crippen molar-refractivity contribution in [2.45, 2.75) is 6.42 Å². The van der Waals surface area contributed by atoms with Crippen LogP contribution < -0.4 is 0 Å². The second kappa shape index (κ2) is 29.5. The first-order valence-electron chi connectivity index (χ1n) is 2.42. The quantitative estimate of drug-likeness (QED) is 0.461. The van der Waals surface area contributed by atoms with E-state index in [0.717, 1.165) is 6.42 Å². The van der Waals surface area contributed by atoms with Crippen LogP contribution in [0.3, 0.4) is 0 Å². The van der Waals surface area contributed by atoms with Gasteiger partial charge in [-0.1, -0.05) is 0 Å². The molecule has 0 aromatic rings. The molecule has 0 aromatic carbocycles. The molecule has 74 valence electrons. The second-order valence-corrected chi connectivity index (χ2v) is 10.3. The summed E-state index contributed by atoms with van der Waals surface area (Å²) in [6, 6.07) is 0. The van der Waals surface area contributed by atoms with Crippen LogP contribution in [0, 0.1) is 20.9 Å². The number of rotatable bonds is 0. The van der Waals surface area contributed by atoms with E-state index in [1.807, 2.05) is 12.2 Å². The number of hydrogen-bond acceptors (Lipinski definition) is 0. The zero-order valence-corrected chi connectivity index (χ0v) is 13.7. The van der Waals surface area contributed by atoms with E-state index < -0.39 is 0 Å². The summed E-state index contributed by atoms with van der Waals surface area (Å²) in [5.74, 6) is 0. The number of halogens is 2. The number of allylic oxidation sites excluding steroid dienone is 4. The summed E-state index contributed by atoms with van der Waals surface area (Å²) < 4.78 is 0. The van der Waals surface area contributed by atoms with Gasteiger partial charge in [-0.25, -0.2) is 12.2 Å². The Morgan fingerprint density at radius 2 is 1.58 bits per heavy atom. The second-order valence-electron chi connectivity index (χ2n) is 1.25. The minimum atomic E-state index is 0. The van der Waals surface area contributed by atoms with Gasteiger partial charge in [0.25, 0.3) is 0 Å². The molecule has 0 nitrogen and oxygen atoms in total. The summed E-state index contributed by atoms with van der Waals surface area (Å²) in [4.78, 5) is 0. The molecule has 0 amide bonds. The first kappa shape index (κ1) is 29.2. The predicted octanol–water partition coefficient (Wildman–Crippen LogP) is 1.21. The summed E-state index contributed by atoms with van der Waals surface area (Å²) in [7, 11) is 4.22.